The third kappa shape index (κ3) is 3.87. The van der Waals surface area contributed by atoms with Gasteiger partial charge >= 0.3 is 0 Å². The van der Waals surface area contributed by atoms with E-state index in [1.807, 2.05) is 24.3 Å². The highest BCUT2D eigenvalue weighted by Crippen LogP contribution is 2.23. The molecule has 3 nitrogen and oxygen atoms in total. The third-order valence-electron chi connectivity index (χ3n) is 4.17. The summed E-state index contributed by atoms with van der Waals surface area (Å²) in [7, 11) is 1.80. The maximum absolute atomic E-state index is 6.03. The molecule has 1 fully saturated rings. The summed E-state index contributed by atoms with van der Waals surface area (Å²) in [5, 5.41) is 0. The summed E-state index contributed by atoms with van der Waals surface area (Å²) < 4.78 is 11.5. The van der Waals surface area contributed by atoms with Gasteiger partial charge in [-0.2, -0.15) is 0 Å². The molecule has 1 aliphatic heterocycles. The molecule has 2 aromatic rings. The smallest absolute Gasteiger partial charge is 0.124 e. The number of benzene rings is 2. The SMILES string of the molecule is COC1CCN(Cc2ccccc2OCc2ccccc2)C1. The average Bonchev–Trinajstić information content (AvgIpc) is 3.03. The van der Waals surface area contributed by atoms with E-state index < -0.39 is 0 Å². The number of ether oxygens (including phenoxy) is 2. The van der Waals surface area contributed by atoms with Gasteiger partial charge in [0, 0.05) is 32.3 Å². The van der Waals surface area contributed by atoms with Gasteiger partial charge in [0.15, 0.2) is 0 Å². The van der Waals surface area contributed by atoms with Crippen LogP contribution in [0.15, 0.2) is 54.6 Å². The van der Waals surface area contributed by atoms with Crippen molar-refractivity contribution in [3.05, 3.63) is 65.7 Å². The summed E-state index contributed by atoms with van der Waals surface area (Å²) in [6, 6.07) is 18.6. The van der Waals surface area contributed by atoms with E-state index in [4.69, 9.17) is 9.47 Å². The van der Waals surface area contributed by atoms with Crippen molar-refractivity contribution in [3.63, 3.8) is 0 Å². The van der Waals surface area contributed by atoms with E-state index in [9.17, 15) is 0 Å². The van der Waals surface area contributed by atoms with Crippen molar-refractivity contribution in [2.75, 3.05) is 20.2 Å². The molecule has 0 bridgehead atoms. The second-order valence-electron chi connectivity index (χ2n) is 5.76. The Morgan fingerprint density at radius 3 is 2.59 bits per heavy atom. The Kier molecular flexibility index (Phi) is 5.09. The van der Waals surface area contributed by atoms with Crippen molar-refractivity contribution < 1.29 is 9.47 Å². The molecule has 0 aromatic heterocycles. The fourth-order valence-electron chi connectivity index (χ4n) is 2.88. The maximum Gasteiger partial charge on any atom is 0.124 e. The van der Waals surface area contributed by atoms with Crippen molar-refractivity contribution >= 4 is 0 Å². The minimum absolute atomic E-state index is 0.373. The molecule has 1 atom stereocenters. The van der Waals surface area contributed by atoms with Crippen LogP contribution in [0.2, 0.25) is 0 Å². The minimum atomic E-state index is 0.373. The molecular formula is C19H23NO2. The van der Waals surface area contributed by atoms with Gasteiger partial charge in [-0.1, -0.05) is 48.5 Å². The van der Waals surface area contributed by atoms with E-state index in [1.54, 1.807) is 7.11 Å². The third-order valence-corrected chi connectivity index (χ3v) is 4.17. The van der Waals surface area contributed by atoms with Crippen LogP contribution in [-0.2, 0) is 17.9 Å². The molecule has 0 saturated carbocycles. The molecule has 0 aliphatic carbocycles. The van der Waals surface area contributed by atoms with Crippen LogP contribution in [0.1, 0.15) is 17.5 Å². The van der Waals surface area contributed by atoms with E-state index in [0.29, 0.717) is 12.7 Å². The van der Waals surface area contributed by atoms with Gasteiger partial charge in [0.2, 0.25) is 0 Å². The Morgan fingerprint density at radius 1 is 1.05 bits per heavy atom. The fraction of sp³-hybridized carbons (Fsp3) is 0.368. The highest BCUT2D eigenvalue weighted by Gasteiger charge is 2.22. The number of methoxy groups -OCH3 is 1. The van der Waals surface area contributed by atoms with Crippen molar-refractivity contribution in [2.24, 2.45) is 0 Å². The number of rotatable bonds is 6. The molecule has 0 amide bonds. The van der Waals surface area contributed by atoms with Gasteiger partial charge in [-0.05, 0) is 18.1 Å². The standard InChI is InChI=1S/C19H23NO2/c1-21-18-11-12-20(14-18)13-17-9-5-6-10-19(17)22-15-16-7-3-2-4-8-16/h2-10,18H,11-15H2,1H3. The predicted octanol–water partition coefficient (Wildman–Crippen LogP) is 3.49. The first-order valence-corrected chi connectivity index (χ1v) is 7.85. The average molecular weight is 297 g/mol. The van der Waals surface area contributed by atoms with Crippen molar-refractivity contribution in [2.45, 2.75) is 25.7 Å². The van der Waals surface area contributed by atoms with Gasteiger partial charge in [-0.3, -0.25) is 4.90 Å². The molecule has 22 heavy (non-hydrogen) atoms. The zero-order chi connectivity index (χ0) is 15.2. The Balaban J connectivity index is 1.63. The molecular weight excluding hydrogens is 274 g/mol. The lowest BCUT2D eigenvalue weighted by molar-refractivity contribution is 0.107. The first-order chi connectivity index (χ1) is 10.8. The Morgan fingerprint density at radius 2 is 1.82 bits per heavy atom. The molecule has 1 aliphatic rings. The van der Waals surface area contributed by atoms with E-state index >= 15 is 0 Å². The summed E-state index contributed by atoms with van der Waals surface area (Å²) in [6.07, 6.45) is 1.49. The van der Waals surface area contributed by atoms with Crippen LogP contribution in [-0.4, -0.2) is 31.2 Å². The summed E-state index contributed by atoms with van der Waals surface area (Å²) in [5.74, 6) is 0.979. The fourth-order valence-corrected chi connectivity index (χ4v) is 2.88. The molecule has 1 heterocycles. The lowest BCUT2D eigenvalue weighted by Gasteiger charge is -2.18. The molecule has 1 saturated heterocycles. The van der Waals surface area contributed by atoms with E-state index in [-0.39, 0.29) is 0 Å². The molecule has 0 spiro atoms. The molecule has 0 radical (unpaired) electrons. The zero-order valence-corrected chi connectivity index (χ0v) is 13.1. The van der Waals surface area contributed by atoms with Crippen LogP contribution in [0.3, 0.4) is 0 Å². The summed E-state index contributed by atoms with van der Waals surface area (Å²) >= 11 is 0. The Bertz CT molecular complexity index is 585. The van der Waals surface area contributed by atoms with Gasteiger partial charge < -0.3 is 9.47 Å². The zero-order valence-electron chi connectivity index (χ0n) is 13.1. The molecule has 2 aromatic carbocycles. The van der Waals surface area contributed by atoms with Crippen LogP contribution >= 0.6 is 0 Å². The van der Waals surface area contributed by atoms with Gasteiger partial charge in [0.1, 0.15) is 12.4 Å². The van der Waals surface area contributed by atoms with Crippen LogP contribution < -0.4 is 4.74 Å². The maximum atomic E-state index is 6.03. The summed E-state index contributed by atoms with van der Waals surface area (Å²) in [5.41, 5.74) is 2.44. The number of hydrogen-bond acceptors (Lipinski definition) is 3. The topological polar surface area (TPSA) is 21.7 Å². The van der Waals surface area contributed by atoms with Crippen molar-refractivity contribution in [3.8, 4) is 5.75 Å². The number of para-hydroxylation sites is 1. The van der Waals surface area contributed by atoms with Crippen LogP contribution in [0.25, 0.3) is 0 Å². The second kappa shape index (κ2) is 7.43. The van der Waals surface area contributed by atoms with Crippen molar-refractivity contribution in [1.29, 1.82) is 0 Å². The van der Waals surface area contributed by atoms with Gasteiger partial charge in [0.05, 0.1) is 6.10 Å². The summed E-state index contributed by atoms with van der Waals surface area (Å²) in [6.45, 7) is 3.62. The van der Waals surface area contributed by atoms with Gasteiger partial charge in [0.25, 0.3) is 0 Å². The summed E-state index contributed by atoms with van der Waals surface area (Å²) in [4.78, 5) is 2.43. The van der Waals surface area contributed by atoms with Crippen LogP contribution in [0, 0.1) is 0 Å². The van der Waals surface area contributed by atoms with E-state index in [1.165, 1.54) is 11.1 Å². The molecule has 3 heteroatoms. The van der Waals surface area contributed by atoms with Gasteiger partial charge in [-0.25, -0.2) is 0 Å². The first-order valence-electron chi connectivity index (χ1n) is 7.85. The van der Waals surface area contributed by atoms with Crippen molar-refractivity contribution in [1.82, 2.24) is 4.90 Å². The number of hydrogen-bond donors (Lipinski definition) is 0. The second-order valence-corrected chi connectivity index (χ2v) is 5.76. The lowest BCUT2D eigenvalue weighted by atomic mass is 10.2. The highest BCUT2D eigenvalue weighted by atomic mass is 16.5. The quantitative estimate of drug-likeness (QED) is 0.814. The lowest BCUT2D eigenvalue weighted by Crippen LogP contribution is -2.22. The molecule has 0 N–H and O–H groups in total. The molecule has 1 unspecified atom stereocenters. The predicted molar refractivity (Wildman–Crippen MR) is 87.9 cm³/mol. The molecule has 3 rings (SSSR count). The molecule has 116 valence electrons. The van der Waals surface area contributed by atoms with Crippen LogP contribution in [0.4, 0.5) is 0 Å². The normalized spacial score (nSPS) is 18.5. The number of likely N-dealkylation sites (tertiary alicyclic amines) is 1. The minimum Gasteiger partial charge on any atom is -0.489 e. The van der Waals surface area contributed by atoms with Gasteiger partial charge in [-0.15, -0.1) is 0 Å². The van der Waals surface area contributed by atoms with E-state index in [2.05, 4.69) is 35.2 Å². The Labute approximate surface area is 132 Å². The highest BCUT2D eigenvalue weighted by molar-refractivity contribution is 5.33. The number of nitrogens with zero attached hydrogens (tertiary/aromatic N) is 1. The Hall–Kier alpha value is -1.84. The van der Waals surface area contributed by atoms with E-state index in [0.717, 1.165) is 31.8 Å². The van der Waals surface area contributed by atoms with Crippen LogP contribution in [0.5, 0.6) is 5.75 Å². The largest absolute Gasteiger partial charge is 0.489 e. The first kappa shape index (κ1) is 15.1. The monoisotopic (exact) mass is 297 g/mol.